The van der Waals surface area contributed by atoms with Crippen LogP contribution in [0.4, 0.5) is 0 Å². The lowest BCUT2D eigenvalue weighted by atomic mass is 10.1. The second kappa shape index (κ2) is 7.21. The highest BCUT2D eigenvalue weighted by Crippen LogP contribution is 2.26. The first-order chi connectivity index (χ1) is 12.1. The van der Waals surface area contributed by atoms with Crippen molar-refractivity contribution in [2.45, 2.75) is 13.3 Å². The number of rotatable bonds is 5. The molecule has 5 heteroatoms. The van der Waals surface area contributed by atoms with Gasteiger partial charge in [-0.1, -0.05) is 19.1 Å². The van der Waals surface area contributed by atoms with Gasteiger partial charge in [-0.05, 0) is 48.4 Å². The molecule has 1 aliphatic heterocycles. The maximum Gasteiger partial charge on any atom is 0.363 e. The molecule has 0 aliphatic carbocycles. The number of nitrogens with zero attached hydrogens (tertiary/aromatic N) is 1. The van der Waals surface area contributed by atoms with Gasteiger partial charge in [0.15, 0.2) is 5.70 Å². The molecule has 0 radical (unpaired) electrons. The van der Waals surface area contributed by atoms with E-state index in [1.807, 2.05) is 36.4 Å². The summed E-state index contributed by atoms with van der Waals surface area (Å²) in [5.74, 6) is 1.14. The highest BCUT2D eigenvalue weighted by molar-refractivity contribution is 6.13. The fourth-order valence-corrected chi connectivity index (χ4v) is 2.55. The van der Waals surface area contributed by atoms with E-state index in [1.54, 1.807) is 26.4 Å². The number of cyclic esters (lactones) is 1. The number of aliphatic imine (C=N–C) groups is 1. The van der Waals surface area contributed by atoms with Crippen molar-refractivity contribution in [2.24, 2.45) is 4.99 Å². The molecule has 2 aromatic rings. The first-order valence-corrected chi connectivity index (χ1v) is 7.98. The average molecular weight is 337 g/mol. The van der Waals surface area contributed by atoms with E-state index in [9.17, 15) is 4.79 Å². The summed E-state index contributed by atoms with van der Waals surface area (Å²) in [5.41, 5.74) is 2.87. The van der Waals surface area contributed by atoms with Gasteiger partial charge in [0.1, 0.15) is 11.5 Å². The van der Waals surface area contributed by atoms with E-state index in [0.717, 1.165) is 17.5 Å². The maximum atomic E-state index is 12.2. The fraction of sp³-hybridized carbons (Fsp3) is 0.200. The zero-order valence-corrected chi connectivity index (χ0v) is 14.4. The molecule has 25 heavy (non-hydrogen) atoms. The first-order valence-electron chi connectivity index (χ1n) is 7.98. The Morgan fingerprint density at radius 1 is 1.12 bits per heavy atom. The van der Waals surface area contributed by atoms with Crippen molar-refractivity contribution in [1.82, 2.24) is 0 Å². The first kappa shape index (κ1) is 16.8. The average Bonchev–Trinajstić information content (AvgIpc) is 3.02. The number of carbonyl (C=O) groups is 1. The molecule has 3 rings (SSSR count). The standard InChI is InChI=1S/C20H19NO4/c1-4-13-8-9-18(24-3)15(10-13)12-17-20(22)25-19(21-17)14-6-5-7-16(11-14)23-2/h5-12H,4H2,1-3H3/b17-12+. The molecule has 0 N–H and O–H groups in total. The molecule has 2 aromatic carbocycles. The molecule has 0 atom stereocenters. The van der Waals surface area contributed by atoms with Crippen LogP contribution in [0.2, 0.25) is 0 Å². The van der Waals surface area contributed by atoms with Gasteiger partial charge in [0, 0.05) is 11.1 Å². The van der Waals surface area contributed by atoms with Crippen molar-refractivity contribution in [1.29, 1.82) is 0 Å². The smallest absolute Gasteiger partial charge is 0.363 e. The number of ether oxygens (including phenoxy) is 3. The fourth-order valence-electron chi connectivity index (χ4n) is 2.55. The molecule has 0 spiro atoms. The van der Waals surface area contributed by atoms with Gasteiger partial charge in [-0.3, -0.25) is 0 Å². The minimum absolute atomic E-state index is 0.240. The lowest BCUT2D eigenvalue weighted by Crippen LogP contribution is -2.05. The summed E-state index contributed by atoms with van der Waals surface area (Å²) >= 11 is 0. The maximum absolute atomic E-state index is 12.2. The van der Waals surface area contributed by atoms with Crippen molar-refractivity contribution < 1.29 is 19.0 Å². The van der Waals surface area contributed by atoms with Crippen LogP contribution in [0, 0.1) is 0 Å². The zero-order valence-electron chi connectivity index (χ0n) is 14.4. The summed E-state index contributed by atoms with van der Waals surface area (Å²) in [4.78, 5) is 16.5. The van der Waals surface area contributed by atoms with E-state index in [4.69, 9.17) is 14.2 Å². The minimum Gasteiger partial charge on any atom is -0.497 e. The second-order valence-electron chi connectivity index (χ2n) is 5.50. The van der Waals surface area contributed by atoms with Gasteiger partial charge >= 0.3 is 5.97 Å². The molecule has 1 aliphatic rings. The van der Waals surface area contributed by atoms with Crippen molar-refractivity contribution in [3.63, 3.8) is 0 Å². The molecule has 0 bridgehead atoms. The van der Waals surface area contributed by atoms with Crippen LogP contribution >= 0.6 is 0 Å². The zero-order chi connectivity index (χ0) is 17.8. The Morgan fingerprint density at radius 2 is 1.96 bits per heavy atom. The quantitative estimate of drug-likeness (QED) is 0.618. The predicted octanol–water partition coefficient (Wildman–Crippen LogP) is 3.61. The Kier molecular flexibility index (Phi) is 4.84. The Balaban J connectivity index is 1.98. The number of hydrogen-bond donors (Lipinski definition) is 0. The summed E-state index contributed by atoms with van der Waals surface area (Å²) in [6.07, 6.45) is 2.58. The molecular formula is C20H19NO4. The van der Waals surface area contributed by atoms with Crippen molar-refractivity contribution in [2.75, 3.05) is 14.2 Å². The molecule has 0 fully saturated rings. The van der Waals surface area contributed by atoms with Crippen LogP contribution in [-0.4, -0.2) is 26.1 Å². The number of esters is 1. The largest absolute Gasteiger partial charge is 0.497 e. The third-order valence-corrected chi connectivity index (χ3v) is 3.93. The number of aryl methyl sites for hydroxylation is 1. The van der Waals surface area contributed by atoms with Crippen LogP contribution in [0.1, 0.15) is 23.6 Å². The van der Waals surface area contributed by atoms with Gasteiger partial charge in [-0.15, -0.1) is 0 Å². The topological polar surface area (TPSA) is 57.1 Å². The SMILES string of the molecule is CCc1ccc(OC)c(/C=C2/N=C(c3cccc(OC)c3)OC2=O)c1. The van der Waals surface area contributed by atoms with Gasteiger partial charge in [-0.2, -0.15) is 0 Å². The summed E-state index contributed by atoms with van der Waals surface area (Å²) in [6, 6.07) is 13.1. The van der Waals surface area contributed by atoms with Gasteiger partial charge < -0.3 is 14.2 Å². The lowest BCUT2D eigenvalue weighted by Gasteiger charge is -2.06. The van der Waals surface area contributed by atoms with Crippen molar-refractivity contribution in [3.05, 3.63) is 64.9 Å². The number of benzene rings is 2. The van der Waals surface area contributed by atoms with Crippen molar-refractivity contribution >= 4 is 17.9 Å². The van der Waals surface area contributed by atoms with Crippen LogP contribution in [0.3, 0.4) is 0 Å². The van der Waals surface area contributed by atoms with Crippen LogP contribution < -0.4 is 9.47 Å². The van der Waals surface area contributed by atoms with Crippen LogP contribution in [0.15, 0.2) is 53.2 Å². The second-order valence-corrected chi connectivity index (χ2v) is 5.50. The highest BCUT2D eigenvalue weighted by atomic mass is 16.6. The van der Waals surface area contributed by atoms with Gasteiger partial charge in [0.05, 0.1) is 14.2 Å². The van der Waals surface area contributed by atoms with Gasteiger partial charge in [0.2, 0.25) is 5.90 Å². The Bertz CT molecular complexity index is 868. The molecule has 0 saturated heterocycles. The van der Waals surface area contributed by atoms with E-state index >= 15 is 0 Å². The van der Waals surface area contributed by atoms with E-state index in [1.165, 1.54) is 0 Å². The third kappa shape index (κ3) is 3.55. The Hall–Kier alpha value is -3.08. The summed E-state index contributed by atoms with van der Waals surface area (Å²) < 4.78 is 15.9. The molecule has 0 saturated carbocycles. The lowest BCUT2D eigenvalue weighted by molar-refractivity contribution is -0.129. The normalized spacial score (nSPS) is 15.1. The van der Waals surface area contributed by atoms with Crippen LogP contribution in [0.25, 0.3) is 6.08 Å². The van der Waals surface area contributed by atoms with Crippen molar-refractivity contribution in [3.8, 4) is 11.5 Å². The molecule has 0 amide bonds. The Morgan fingerprint density at radius 3 is 2.68 bits per heavy atom. The highest BCUT2D eigenvalue weighted by Gasteiger charge is 2.24. The van der Waals surface area contributed by atoms with Crippen LogP contribution in [-0.2, 0) is 16.0 Å². The van der Waals surface area contributed by atoms with E-state index < -0.39 is 5.97 Å². The Labute approximate surface area is 146 Å². The monoisotopic (exact) mass is 337 g/mol. The summed E-state index contributed by atoms with van der Waals surface area (Å²) in [5, 5.41) is 0. The molecule has 1 heterocycles. The van der Waals surface area contributed by atoms with E-state index in [-0.39, 0.29) is 11.6 Å². The van der Waals surface area contributed by atoms with Gasteiger partial charge in [0.25, 0.3) is 0 Å². The molecule has 0 aromatic heterocycles. The van der Waals surface area contributed by atoms with E-state index in [0.29, 0.717) is 17.1 Å². The third-order valence-electron chi connectivity index (χ3n) is 3.93. The summed E-state index contributed by atoms with van der Waals surface area (Å²) in [7, 11) is 3.18. The number of methoxy groups -OCH3 is 2. The number of carbonyl (C=O) groups excluding carboxylic acids is 1. The molecule has 5 nitrogen and oxygen atoms in total. The van der Waals surface area contributed by atoms with Gasteiger partial charge in [-0.25, -0.2) is 9.79 Å². The molecule has 0 unspecified atom stereocenters. The summed E-state index contributed by atoms with van der Waals surface area (Å²) in [6.45, 7) is 2.07. The molecule has 128 valence electrons. The predicted molar refractivity (Wildman–Crippen MR) is 96.0 cm³/mol. The molecular weight excluding hydrogens is 318 g/mol. The minimum atomic E-state index is -0.484. The number of hydrogen-bond acceptors (Lipinski definition) is 5. The van der Waals surface area contributed by atoms with Crippen LogP contribution in [0.5, 0.6) is 11.5 Å². The van der Waals surface area contributed by atoms with E-state index in [2.05, 4.69) is 11.9 Å².